The van der Waals surface area contributed by atoms with Crippen molar-refractivity contribution >= 4 is 5.97 Å². The maximum absolute atomic E-state index is 11.3. The molecular weight excluding hydrogens is 190 g/mol. The molecular formula is C12H25NO2. The Morgan fingerprint density at radius 2 is 2.00 bits per heavy atom. The summed E-state index contributed by atoms with van der Waals surface area (Å²) < 4.78 is 4.73. The summed E-state index contributed by atoms with van der Waals surface area (Å²) in [6.07, 6.45) is 1.96. The van der Waals surface area contributed by atoms with Crippen molar-refractivity contribution in [2.45, 2.75) is 40.5 Å². The van der Waals surface area contributed by atoms with Crippen molar-refractivity contribution in [3.63, 3.8) is 0 Å². The molecule has 1 unspecified atom stereocenters. The Bertz CT molecular complexity index is 190. The number of carbonyl (C=O) groups excluding carboxylic acids is 1. The second-order valence-corrected chi connectivity index (χ2v) is 4.78. The third kappa shape index (κ3) is 5.78. The van der Waals surface area contributed by atoms with Crippen LogP contribution in [0.3, 0.4) is 0 Å². The van der Waals surface area contributed by atoms with E-state index in [2.05, 4.69) is 26.1 Å². The predicted octanol–water partition coefficient (Wildman–Crippen LogP) is 2.21. The minimum atomic E-state index is -0.112. The number of methoxy groups -OCH3 is 1. The van der Waals surface area contributed by atoms with Gasteiger partial charge in [0.2, 0.25) is 0 Å². The first-order valence-electron chi connectivity index (χ1n) is 5.75. The van der Waals surface area contributed by atoms with E-state index in [9.17, 15) is 4.79 Å². The fourth-order valence-electron chi connectivity index (χ4n) is 1.27. The lowest BCUT2D eigenvalue weighted by atomic mass is 9.90. The fourth-order valence-corrected chi connectivity index (χ4v) is 1.27. The van der Waals surface area contributed by atoms with E-state index in [1.807, 2.05) is 6.92 Å². The molecule has 0 radical (unpaired) electrons. The summed E-state index contributed by atoms with van der Waals surface area (Å²) in [7, 11) is 1.45. The van der Waals surface area contributed by atoms with Gasteiger partial charge >= 0.3 is 5.97 Å². The number of ether oxygens (including phenoxy) is 1. The molecule has 0 saturated carbocycles. The molecule has 0 rings (SSSR count). The van der Waals surface area contributed by atoms with E-state index in [0.717, 1.165) is 19.4 Å². The molecule has 1 N–H and O–H groups in total. The van der Waals surface area contributed by atoms with Crippen LogP contribution in [-0.4, -0.2) is 26.2 Å². The van der Waals surface area contributed by atoms with Gasteiger partial charge in [-0.15, -0.1) is 0 Å². The Morgan fingerprint density at radius 1 is 1.40 bits per heavy atom. The van der Waals surface area contributed by atoms with Crippen molar-refractivity contribution in [3.8, 4) is 0 Å². The first kappa shape index (κ1) is 14.4. The van der Waals surface area contributed by atoms with Crippen LogP contribution in [0.15, 0.2) is 0 Å². The minimum absolute atomic E-state index is 0.0114. The number of esters is 1. The van der Waals surface area contributed by atoms with Crippen LogP contribution in [0.25, 0.3) is 0 Å². The molecule has 0 aromatic carbocycles. The predicted molar refractivity (Wildman–Crippen MR) is 62.7 cm³/mol. The number of hydrogen-bond donors (Lipinski definition) is 1. The summed E-state index contributed by atoms with van der Waals surface area (Å²) in [5.74, 6) is -0.123. The largest absolute Gasteiger partial charge is 0.469 e. The zero-order chi connectivity index (χ0) is 11.9. The lowest BCUT2D eigenvalue weighted by Gasteiger charge is -2.24. The summed E-state index contributed by atoms with van der Waals surface area (Å²) in [6, 6.07) is 0. The number of hydrogen-bond acceptors (Lipinski definition) is 3. The monoisotopic (exact) mass is 215 g/mol. The van der Waals surface area contributed by atoms with Crippen molar-refractivity contribution in [1.82, 2.24) is 5.32 Å². The Hall–Kier alpha value is -0.570. The van der Waals surface area contributed by atoms with Crippen molar-refractivity contribution in [2.24, 2.45) is 11.3 Å². The van der Waals surface area contributed by atoms with Gasteiger partial charge in [-0.2, -0.15) is 0 Å². The second kappa shape index (κ2) is 6.83. The molecule has 0 spiro atoms. The molecule has 0 aliphatic heterocycles. The lowest BCUT2D eigenvalue weighted by Crippen LogP contribution is -2.35. The normalized spacial score (nSPS) is 13.7. The molecule has 15 heavy (non-hydrogen) atoms. The summed E-state index contributed by atoms with van der Waals surface area (Å²) in [5, 5.41) is 3.34. The van der Waals surface area contributed by atoms with Crippen LogP contribution < -0.4 is 5.32 Å². The van der Waals surface area contributed by atoms with Crippen LogP contribution in [0.2, 0.25) is 0 Å². The van der Waals surface area contributed by atoms with Gasteiger partial charge in [0.25, 0.3) is 0 Å². The molecule has 1 atom stereocenters. The van der Waals surface area contributed by atoms with E-state index >= 15 is 0 Å². The molecule has 0 amide bonds. The number of rotatable bonds is 7. The molecule has 0 aromatic heterocycles. The number of nitrogens with one attached hydrogen (secondary N) is 1. The quantitative estimate of drug-likeness (QED) is 0.662. The average Bonchev–Trinajstić information content (AvgIpc) is 2.23. The lowest BCUT2D eigenvalue weighted by molar-refractivity contribution is -0.145. The smallest absolute Gasteiger partial charge is 0.309 e. The molecule has 0 aliphatic carbocycles. The van der Waals surface area contributed by atoms with Crippen LogP contribution in [0, 0.1) is 11.3 Å². The van der Waals surface area contributed by atoms with Gasteiger partial charge in [0.1, 0.15) is 0 Å². The Morgan fingerprint density at radius 3 is 2.40 bits per heavy atom. The standard InChI is InChI=1S/C12H25NO2/c1-6-10(11(14)15-5)8-13-9-12(3,4)7-2/h10,13H,6-9H2,1-5H3. The van der Waals surface area contributed by atoms with Gasteiger partial charge in [-0.3, -0.25) is 4.79 Å². The van der Waals surface area contributed by atoms with E-state index in [4.69, 9.17) is 4.74 Å². The van der Waals surface area contributed by atoms with Crippen LogP contribution in [-0.2, 0) is 9.53 Å². The SMILES string of the molecule is CCC(CNCC(C)(C)CC)C(=O)OC. The highest BCUT2D eigenvalue weighted by atomic mass is 16.5. The van der Waals surface area contributed by atoms with E-state index in [1.165, 1.54) is 7.11 Å². The maximum Gasteiger partial charge on any atom is 0.309 e. The summed E-state index contributed by atoms with van der Waals surface area (Å²) in [4.78, 5) is 11.3. The third-order valence-corrected chi connectivity index (χ3v) is 2.98. The van der Waals surface area contributed by atoms with Crippen molar-refractivity contribution in [3.05, 3.63) is 0 Å². The zero-order valence-corrected chi connectivity index (χ0v) is 10.7. The highest BCUT2D eigenvalue weighted by Gasteiger charge is 2.19. The first-order valence-corrected chi connectivity index (χ1v) is 5.75. The van der Waals surface area contributed by atoms with Crippen LogP contribution >= 0.6 is 0 Å². The van der Waals surface area contributed by atoms with Gasteiger partial charge in [-0.25, -0.2) is 0 Å². The summed E-state index contributed by atoms with van der Waals surface area (Å²) in [6.45, 7) is 10.3. The molecule has 0 aromatic rings. The first-order chi connectivity index (χ1) is 6.96. The highest BCUT2D eigenvalue weighted by molar-refractivity contribution is 5.72. The van der Waals surface area contributed by atoms with Gasteiger partial charge < -0.3 is 10.1 Å². The Balaban J connectivity index is 3.87. The minimum Gasteiger partial charge on any atom is -0.469 e. The summed E-state index contributed by atoms with van der Waals surface area (Å²) >= 11 is 0. The zero-order valence-electron chi connectivity index (χ0n) is 10.7. The molecule has 3 nitrogen and oxygen atoms in total. The molecule has 0 fully saturated rings. The fraction of sp³-hybridized carbons (Fsp3) is 0.917. The van der Waals surface area contributed by atoms with Gasteiger partial charge in [-0.05, 0) is 18.3 Å². The van der Waals surface area contributed by atoms with Crippen LogP contribution in [0.4, 0.5) is 0 Å². The molecule has 90 valence electrons. The van der Waals surface area contributed by atoms with Gasteiger partial charge in [0.15, 0.2) is 0 Å². The van der Waals surface area contributed by atoms with Crippen LogP contribution in [0.5, 0.6) is 0 Å². The molecule has 0 bridgehead atoms. The summed E-state index contributed by atoms with van der Waals surface area (Å²) in [5.41, 5.74) is 0.300. The Labute approximate surface area is 93.6 Å². The topological polar surface area (TPSA) is 38.3 Å². The van der Waals surface area contributed by atoms with Gasteiger partial charge in [-0.1, -0.05) is 27.7 Å². The highest BCUT2D eigenvalue weighted by Crippen LogP contribution is 2.17. The van der Waals surface area contributed by atoms with Crippen molar-refractivity contribution in [2.75, 3.05) is 20.2 Å². The van der Waals surface area contributed by atoms with E-state index in [1.54, 1.807) is 0 Å². The van der Waals surface area contributed by atoms with Crippen LogP contribution in [0.1, 0.15) is 40.5 Å². The van der Waals surface area contributed by atoms with E-state index in [0.29, 0.717) is 12.0 Å². The molecule has 0 aliphatic rings. The van der Waals surface area contributed by atoms with Crippen molar-refractivity contribution < 1.29 is 9.53 Å². The molecule has 3 heteroatoms. The van der Waals surface area contributed by atoms with E-state index in [-0.39, 0.29) is 11.9 Å². The van der Waals surface area contributed by atoms with Gasteiger partial charge in [0, 0.05) is 13.1 Å². The van der Waals surface area contributed by atoms with Gasteiger partial charge in [0.05, 0.1) is 13.0 Å². The third-order valence-electron chi connectivity index (χ3n) is 2.98. The Kier molecular flexibility index (Phi) is 6.57. The maximum atomic E-state index is 11.3. The molecule has 0 saturated heterocycles. The van der Waals surface area contributed by atoms with E-state index < -0.39 is 0 Å². The average molecular weight is 215 g/mol. The number of carbonyl (C=O) groups is 1. The molecule has 0 heterocycles. The second-order valence-electron chi connectivity index (χ2n) is 4.78. The van der Waals surface area contributed by atoms with Crippen molar-refractivity contribution in [1.29, 1.82) is 0 Å².